The third-order valence-corrected chi connectivity index (χ3v) is 4.37. The number of nitrogens with zero attached hydrogens (tertiary/aromatic N) is 2. The van der Waals surface area contributed by atoms with E-state index in [2.05, 4.69) is 29.2 Å². The number of hydrogen-bond acceptors (Lipinski definition) is 5. The van der Waals surface area contributed by atoms with E-state index in [9.17, 15) is 4.79 Å². The molecule has 1 unspecified atom stereocenters. The van der Waals surface area contributed by atoms with Gasteiger partial charge in [-0.2, -0.15) is 0 Å². The minimum absolute atomic E-state index is 0.195. The van der Waals surface area contributed by atoms with Crippen LogP contribution in [0.4, 0.5) is 10.5 Å². The Labute approximate surface area is 150 Å². The quantitative estimate of drug-likeness (QED) is 0.609. The van der Waals surface area contributed by atoms with Crippen LogP contribution >= 0.6 is 0 Å². The van der Waals surface area contributed by atoms with Crippen molar-refractivity contribution in [3.8, 4) is 0 Å². The molecule has 1 aromatic carbocycles. The van der Waals surface area contributed by atoms with Gasteiger partial charge in [-0.25, -0.2) is 4.79 Å². The molecule has 2 aliphatic rings. The van der Waals surface area contributed by atoms with Gasteiger partial charge in [0.05, 0.1) is 6.61 Å². The zero-order chi connectivity index (χ0) is 17.9. The van der Waals surface area contributed by atoms with Crippen LogP contribution in [-0.4, -0.2) is 56.9 Å². The van der Waals surface area contributed by atoms with Crippen LogP contribution in [0.2, 0.25) is 0 Å². The molecule has 0 bridgehead atoms. The average Bonchev–Trinajstić information content (AvgIpc) is 2.98. The molecule has 2 heterocycles. The molecule has 1 atom stereocenters. The van der Waals surface area contributed by atoms with E-state index in [4.69, 9.17) is 14.4 Å². The number of amides is 1. The van der Waals surface area contributed by atoms with Gasteiger partial charge in [-0.05, 0) is 44.9 Å². The molecule has 6 nitrogen and oxygen atoms in total. The van der Waals surface area contributed by atoms with Crippen molar-refractivity contribution in [2.24, 2.45) is 0 Å². The second-order valence-electron chi connectivity index (χ2n) is 7.52. The molecular weight excluding hydrogens is 319 g/mol. The van der Waals surface area contributed by atoms with Gasteiger partial charge < -0.3 is 19.3 Å². The highest BCUT2D eigenvalue weighted by Gasteiger charge is 2.25. The zero-order valence-corrected chi connectivity index (χ0v) is 15.2. The monoisotopic (exact) mass is 345 g/mol. The second-order valence-corrected chi connectivity index (χ2v) is 7.52. The molecule has 0 aliphatic carbocycles. The normalized spacial score (nSPS) is 21.6. The maximum atomic E-state index is 12.3. The van der Waals surface area contributed by atoms with E-state index in [1.807, 2.05) is 25.7 Å². The maximum Gasteiger partial charge on any atom is 0.410 e. The standard InChI is InChI=1S/C18H26BN2O4/c1-18(2,3)24-17(22)21-10-4-9-20(11-12-21)15-7-5-14(6-8-15)16-13-23-25-19-16/h5-8,16H,4,9-13H2,1-3H3. The molecule has 25 heavy (non-hydrogen) atoms. The number of benzene rings is 1. The van der Waals surface area contributed by atoms with Crippen molar-refractivity contribution < 1.29 is 19.2 Å². The summed E-state index contributed by atoms with van der Waals surface area (Å²) in [6, 6.07) is 8.49. The van der Waals surface area contributed by atoms with Crippen LogP contribution in [0.5, 0.6) is 0 Å². The lowest BCUT2D eigenvalue weighted by atomic mass is 9.77. The molecule has 2 aliphatic heterocycles. The Morgan fingerprint density at radius 3 is 2.56 bits per heavy atom. The number of rotatable bonds is 2. The average molecular weight is 345 g/mol. The van der Waals surface area contributed by atoms with Crippen LogP contribution in [0.1, 0.15) is 38.6 Å². The van der Waals surface area contributed by atoms with Crippen molar-refractivity contribution in [2.75, 3.05) is 37.7 Å². The number of ether oxygens (including phenoxy) is 1. The summed E-state index contributed by atoms with van der Waals surface area (Å²) in [5.41, 5.74) is 1.91. The zero-order valence-electron chi connectivity index (χ0n) is 15.2. The third kappa shape index (κ3) is 4.89. The molecule has 0 saturated carbocycles. The van der Waals surface area contributed by atoms with Gasteiger partial charge in [0.25, 0.3) is 0 Å². The predicted octanol–water partition coefficient (Wildman–Crippen LogP) is 2.76. The van der Waals surface area contributed by atoms with Crippen molar-refractivity contribution in [1.82, 2.24) is 4.90 Å². The van der Waals surface area contributed by atoms with E-state index < -0.39 is 5.60 Å². The summed E-state index contributed by atoms with van der Waals surface area (Å²) in [4.78, 5) is 26.2. The van der Waals surface area contributed by atoms with Gasteiger partial charge in [-0.15, -0.1) is 0 Å². The molecule has 0 aromatic heterocycles. The minimum atomic E-state index is -0.455. The van der Waals surface area contributed by atoms with Crippen molar-refractivity contribution in [1.29, 1.82) is 0 Å². The maximum absolute atomic E-state index is 12.3. The largest absolute Gasteiger partial charge is 0.444 e. The van der Waals surface area contributed by atoms with Gasteiger partial charge in [0.15, 0.2) is 0 Å². The number of anilines is 1. The summed E-state index contributed by atoms with van der Waals surface area (Å²) in [5.74, 6) is 0.195. The highest BCUT2D eigenvalue weighted by atomic mass is 17.2. The summed E-state index contributed by atoms with van der Waals surface area (Å²) in [7, 11) is 1.72. The molecular formula is C18H26BN2O4. The van der Waals surface area contributed by atoms with Crippen LogP contribution < -0.4 is 4.90 Å². The number of hydrogen-bond donors (Lipinski definition) is 0. The predicted molar refractivity (Wildman–Crippen MR) is 96.6 cm³/mol. The first-order valence-corrected chi connectivity index (χ1v) is 8.87. The van der Waals surface area contributed by atoms with E-state index in [1.165, 1.54) is 11.3 Å². The molecule has 2 saturated heterocycles. The lowest BCUT2D eigenvalue weighted by molar-refractivity contribution is -0.183. The van der Waals surface area contributed by atoms with Crippen LogP contribution in [0, 0.1) is 0 Å². The fourth-order valence-corrected chi connectivity index (χ4v) is 3.05. The van der Waals surface area contributed by atoms with Gasteiger partial charge in [-0.1, -0.05) is 12.1 Å². The summed E-state index contributed by atoms with van der Waals surface area (Å²) >= 11 is 0. The topological polar surface area (TPSA) is 51.2 Å². The van der Waals surface area contributed by atoms with Gasteiger partial charge in [0.2, 0.25) is 0 Å². The molecule has 1 amide bonds. The fourth-order valence-electron chi connectivity index (χ4n) is 3.05. The summed E-state index contributed by atoms with van der Waals surface area (Å²) in [6.45, 7) is 9.40. The van der Waals surface area contributed by atoms with Crippen molar-refractivity contribution >= 4 is 19.3 Å². The van der Waals surface area contributed by atoms with E-state index >= 15 is 0 Å². The minimum Gasteiger partial charge on any atom is -0.444 e. The van der Waals surface area contributed by atoms with Gasteiger partial charge >= 0.3 is 13.6 Å². The second kappa shape index (κ2) is 7.66. The molecule has 1 radical (unpaired) electrons. The molecule has 0 spiro atoms. The SMILES string of the molecule is CC(C)(C)OC(=O)N1CCCN(c2ccc(C3[B]OOC3)cc2)CC1. The van der Waals surface area contributed by atoms with Crippen LogP contribution in [0.25, 0.3) is 0 Å². The van der Waals surface area contributed by atoms with Crippen molar-refractivity contribution in [2.45, 2.75) is 38.6 Å². The number of carbonyl (C=O) groups excluding carboxylic acids is 1. The van der Waals surface area contributed by atoms with E-state index in [0.717, 1.165) is 26.1 Å². The van der Waals surface area contributed by atoms with Gasteiger partial charge in [-0.3, -0.25) is 4.89 Å². The van der Waals surface area contributed by atoms with E-state index in [0.29, 0.717) is 13.2 Å². The first-order valence-electron chi connectivity index (χ1n) is 8.87. The number of carbonyl (C=O) groups is 1. The smallest absolute Gasteiger partial charge is 0.410 e. The lowest BCUT2D eigenvalue weighted by Crippen LogP contribution is -2.39. The van der Waals surface area contributed by atoms with Crippen LogP contribution in [0.15, 0.2) is 24.3 Å². The Morgan fingerprint density at radius 2 is 1.92 bits per heavy atom. The summed E-state index contributed by atoms with van der Waals surface area (Å²) < 4.78 is 5.49. The first kappa shape index (κ1) is 18.1. The van der Waals surface area contributed by atoms with E-state index in [1.54, 1.807) is 7.48 Å². The molecule has 135 valence electrons. The van der Waals surface area contributed by atoms with Crippen LogP contribution in [0.3, 0.4) is 0 Å². The first-order chi connectivity index (χ1) is 11.9. The van der Waals surface area contributed by atoms with E-state index in [-0.39, 0.29) is 11.9 Å². The van der Waals surface area contributed by atoms with Crippen LogP contribution in [-0.2, 0) is 14.4 Å². The van der Waals surface area contributed by atoms with Crippen molar-refractivity contribution in [3.05, 3.63) is 29.8 Å². The molecule has 2 fully saturated rings. The lowest BCUT2D eigenvalue weighted by Gasteiger charge is -2.27. The summed E-state index contributed by atoms with van der Waals surface area (Å²) in [5, 5.41) is 0. The molecule has 0 N–H and O–H groups in total. The third-order valence-electron chi connectivity index (χ3n) is 4.37. The molecule has 3 rings (SSSR count). The fraction of sp³-hybridized carbons (Fsp3) is 0.611. The Bertz CT molecular complexity index is 582. The van der Waals surface area contributed by atoms with Gasteiger partial charge in [0, 0.05) is 37.7 Å². The highest BCUT2D eigenvalue weighted by Crippen LogP contribution is 2.24. The Morgan fingerprint density at radius 1 is 1.16 bits per heavy atom. The molecule has 1 aromatic rings. The van der Waals surface area contributed by atoms with Crippen molar-refractivity contribution in [3.63, 3.8) is 0 Å². The molecule has 7 heteroatoms. The Hall–Kier alpha value is -1.73. The Kier molecular flexibility index (Phi) is 5.54. The Balaban J connectivity index is 1.58. The summed E-state index contributed by atoms with van der Waals surface area (Å²) in [6.07, 6.45) is 0.709. The van der Waals surface area contributed by atoms with Gasteiger partial charge in [0.1, 0.15) is 5.60 Å². The highest BCUT2D eigenvalue weighted by molar-refractivity contribution is 6.30.